The van der Waals surface area contributed by atoms with Gasteiger partial charge in [0.25, 0.3) is 0 Å². The molecule has 2 nitrogen and oxygen atoms in total. The van der Waals surface area contributed by atoms with Gasteiger partial charge in [0.15, 0.2) is 0 Å². The first-order valence-electron chi connectivity index (χ1n) is 17.4. The van der Waals surface area contributed by atoms with Crippen LogP contribution in [0.5, 0.6) is 0 Å². The topological polar surface area (TPSA) is 25.3 Å². The minimum atomic E-state index is 1.02. The maximum atomic E-state index is 11.9. The van der Waals surface area contributed by atoms with Crippen LogP contribution in [0.15, 0.2) is 59.7 Å². The van der Waals surface area contributed by atoms with Crippen LogP contribution in [0.3, 0.4) is 0 Å². The van der Waals surface area contributed by atoms with Crippen molar-refractivity contribution < 1.29 is 19.1 Å². The van der Waals surface area contributed by atoms with Gasteiger partial charge in [-0.25, -0.2) is 4.70 Å². The summed E-state index contributed by atoms with van der Waals surface area (Å²) in [7, 11) is 0. The number of nitrogens with zero attached hydrogens (tertiary/aromatic N) is 2. The summed E-state index contributed by atoms with van der Waals surface area (Å²) in [6.07, 6.45) is 21.9. The van der Waals surface area contributed by atoms with E-state index in [0.29, 0.717) is 0 Å². The fourth-order valence-electron chi connectivity index (χ4n) is 6.02. The molecular formula is C40H62N2Ni. The predicted octanol–water partition coefficient (Wildman–Crippen LogP) is 13.4. The van der Waals surface area contributed by atoms with Crippen LogP contribution in [0.1, 0.15) is 153 Å². The molecule has 3 rings (SSSR count). The van der Waals surface area contributed by atoms with Crippen molar-refractivity contribution >= 4 is 11.4 Å². The molecule has 1 aliphatic rings. The molecule has 43 heavy (non-hydrogen) atoms. The van der Waals surface area contributed by atoms with Gasteiger partial charge in [0.2, 0.25) is 11.4 Å². The summed E-state index contributed by atoms with van der Waals surface area (Å²) in [5.74, 6) is 4.12. The van der Waals surface area contributed by atoms with Gasteiger partial charge in [-0.15, -0.1) is 0 Å². The summed E-state index contributed by atoms with van der Waals surface area (Å²) < 4.78 is 1.56. The van der Waals surface area contributed by atoms with Crippen molar-refractivity contribution in [2.45, 2.75) is 155 Å². The fraction of sp³-hybridized carbons (Fsp3) is 0.600. The van der Waals surface area contributed by atoms with E-state index in [-0.39, 0.29) is 0 Å². The predicted molar refractivity (Wildman–Crippen MR) is 186 cm³/mol. The first kappa shape index (κ1) is 37.2. The molecule has 1 heterocycles. The van der Waals surface area contributed by atoms with Gasteiger partial charge < -0.3 is 5.53 Å². The van der Waals surface area contributed by atoms with E-state index in [1.807, 2.05) is 0 Å². The Hall–Kier alpha value is -1.99. The molecule has 2 aromatic carbocycles. The summed E-state index contributed by atoms with van der Waals surface area (Å²) in [5, 5.41) is 0. The van der Waals surface area contributed by atoms with E-state index in [9.17, 15) is 5.53 Å². The number of unbranched alkanes of at least 4 members (excludes halogenated alkanes) is 10. The van der Waals surface area contributed by atoms with E-state index in [0.717, 1.165) is 48.2 Å². The molecule has 0 N–H and O–H groups in total. The molecule has 0 saturated heterocycles. The fourth-order valence-corrected chi connectivity index (χ4v) is 6.02. The van der Waals surface area contributed by atoms with Crippen LogP contribution < -0.4 is 0 Å². The van der Waals surface area contributed by atoms with E-state index < -0.39 is 0 Å². The third-order valence-corrected chi connectivity index (χ3v) is 8.51. The van der Waals surface area contributed by atoms with Crippen molar-refractivity contribution in [3.63, 3.8) is 0 Å². The number of allylic oxidation sites excluding steroid dienone is 2. The normalized spacial score (nSPS) is 13.2. The Morgan fingerprint density at radius 1 is 0.465 bits per heavy atom. The van der Waals surface area contributed by atoms with Crippen molar-refractivity contribution in [1.29, 1.82) is 0 Å². The monoisotopic (exact) mass is 628 g/mol. The van der Waals surface area contributed by atoms with Crippen LogP contribution in [-0.4, -0.2) is 4.70 Å². The van der Waals surface area contributed by atoms with Crippen molar-refractivity contribution in [3.8, 4) is 0 Å². The summed E-state index contributed by atoms with van der Waals surface area (Å²) >= 11 is 1.62. The molecule has 1 aliphatic heterocycles. The number of rotatable bonds is 20. The zero-order valence-corrected chi connectivity index (χ0v) is 29.5. The van der Waals surface area contributed by atoms with Crippen molar-refractivity contribution in [1.82, 2.24) is 0 Å². The zero-order valence-electron chi connectivity index (χ0n) is 28.6. The van der Waals surface area contributed by atoms with Crippen LogP contribution >= 0.6 is 0 Å². The van der Waals surface area contributed by atoms with E-state index in [4.69, 9.17) is 0 Å². The molecule has 0 aliphatic carbocycles. The molecule has 0 unspecified atom stereocenters. The molecular weight excluding hydrogens is 567 g/mol. The third-order valence-electron chi connectivity index (χ3n) is 8.51. The van der Waals surface area contributed by atoms with Crippen molar-refractivity contribution in [3.05, 3.63) is 87.5 Å². The van der Waals surface area contributed by atoms with Gasteiger partial charge in [-0.05, 0) is 86.8 Å². The second-order valence-corrected chi connectivity index (χ2v) is 13.2. The van der Waals surface area contributed by atoms with Crippen molar-refractivity contribution in [2.24, 2.45) is 0 Å². The van der Waals surface area contributed by atoms with Crippen LogP contribution in [0, 0.1) is 0 Å². The molecule has 0 spiro atoms. The van der Waals surface area contributed by atoms with Crippen LogP contribution in [0.2, 0.25) is 11.8 Å². The zero-order chi connectivity index (χ0) is 31.3. The molecule has 0 bridgehead atoms. The molecule has 2 aromatic rings. The number of hydrogen-bond donors (Lipinski definition) is 0. The van der Waals surface area contributed by atoms with Gasteiger partial charge in [0.05, 0.1) is 0 Å². The Balaban J connectivity index is 0.00000206. The van der Waals surface area contributed by atoms with Gasteiger partial charge in [-0.2, -0.15) is 0 Å². The summed E-state index contributed by atoms with van der Waals surface area (Å²) in [6.45, 7) is 9.07. The van der Waals surface area contributed by atoms with Gasteiger partial charge in [-0.1, -0.05) is 116 Å². The summed E-state index contributed by atoms with van der Waals surface area (Å²) in [4.78, 5) is 0. The molecule has 0 saturated carbocycles. The number of hydrogen-bond acceptors (Lipinski definition) is 0. The second-order valence-electron chi connectivity index (χ2n) is 12.2. The van der Waals surface area contributed by atoms with Crippen LogP contribution in [-0.2, 0) is 27.3 Å². The van der Waals surface area contributed by atoms with E-state index >= 15 is 0 Å². The average Bonchev–Trinajstić information content (AvgIpc) is 3.30. The van der Waals surface area contributed by atoms with Gasteiger partial charge in [0, 0.05) is 22.3 Å². The average molecular weight is 630 g/mol. The Bertz CT molecular complexity index is 1110. The summed E-state index contributed by atoms with van der Waals surface area (Å²) in [5.41, 5.74) is 21.8. The molecule has 0 aromatic heterocycles. The summed E-state index contributed by atoms with van der Waals surface area (Å²) in [6, 6.07) is 18.1. The van der Waals surface area contributed by atoms with E-state index in [1.165, 1.54) is 112 Å². The number of benzene rings is 2. The maximum absolute atomic E-state index is 11.9. The molecule has 0 amide bonds. The van der Waals surface area contributed by atoms with Gasteiger partial charge in [-0.3, -0.25) is 0 Å². The first-order chi connectivity index (χ1) is 21.1. The molecule has 3 heteroatoms. The Morgan fingerprint density at radius 2 is 0.791 bits per heavy atom. The Morgan fingerprint density at radius 3 is 1.16 bits per heavy atom. The minimum absolute atomic E-state index is 1.02. The van der Waals surface area contributed by atoms with Gasteiger partial charge in [0.1, 0.15) is 0 Å². The van der Waals surface area contributed by atoms with Gasteiger partial charge >= 0.3 is 26.2 Å². The quantitative estimate of drug-likeness (QED) is 0.0791. The van der Waals surface area contributed by atoms with Crippen LogP contribution in [0.4, 0.5) is 0 Å². The second kappa shape index (κ2) is 22.5. The Labute approximate surface area is 272 Å². The Kier molecular flexibility index (Phi) is 19.5. The molecule has 0 radical (unpaired) electrons. The standard InChI is InChI=1S/C38H56N2.2CH3.Ni/c1-5-9-13-15-16-18-22-36-35(21-17-14-10-6-2)37(33-27-23-31(24-28-33)19-11-7-3)40(39)38(36)34-29-25-32(26-30-34)20-12-8-4;;;/h23-30H,5-22H2,1-4H3;2*1H3;. The third kappa shape index (κ3) is 12.5. The van der Waals surface area contributed by atoms with Crippen LogP contribution in [0.25, 0.3) is 16.9 Å². The van der Waals surface area contributed by atoms with E-state index in [1.54, 1.807) is 19.1 Å². The van der Waals surface area contributed by atoms with Crippen molar-refractivity contribution in [2.75, 3.05) is 0 Å². The first-order valence-corrected chi connectivity index (χ1v) is 19.4. The molecule has 0 atom stereocenters. The number of aryl methyl sites for hydroxylation is 2. The molecule has 242 valence electrons. The van der Waals surface area contributed by atoms with E-state index in [2.05, 4.69) is 88.0 Å². The SMILES string of the molecule is CCCCCCCCC1=C(c2ccc(CCCC)cc2)[N+](=[N-])C(c2ccc(CCCC)cc2)=C1CCCCCC.[CH3][Ni][CH3]. The molecule has 0 fully saturated rings.